The third kappa shape index (κ3) is 3.75. The standard InChI is InChI=1S/C17H20N2O2/c1-3-12-4-6-13(7-5-12)11-19-16-9-8-14(10-15(16)18)17(20)21-2/h4-10,19H,3,11,18H2,1-2H3. The van der Waals surface area contributed by atoms with Gasteiger partial charge >= 0.3 is 5.97 Å². The van der Waals surface area contributed by atoms with Crippen LogP contribution in [0, 0.1) is 0 Å². The highest BCUT2D eigenvalue weighted by molar-refractivity contribution is 5.91. The third-order valence-electron chi connectivity index (χ3n) is 3.39. The number of ether oxygens (including phenoxy) is 1. The SMILES string of the molecule is CCc1ccc(CNc2ccc(C(=O)OC)cc2N)cc1. The molecule has 21 heavy (non-hydrogen) atoms. The van der Waals surface area contributed by atoms with Crippen LogP contribution < -0.4 is 11.1 Å². The van der Waals surface area contributed by atoms with E-state index in [0.29, 0.717) is 17.8 Å². The topological polar surface area (TPSA) is 64.3 Å². The van der Waals surface area contributed by atoms with Crippen molar-refractivity contribution in [3.8, 4) is 0 Å². The van der Waals surface area contributed by atoms with Crippen molar-refractivity contribution >= 4 is 17.3 Å². The van der Waals surface area contributed by atoms with Crippen molar-refractivity contribution in [2.24, 2.45) is 0 Å². The molecule has 0 atom stereocenters. The zero-order chi connectivity index (χ0) is 15.2. The number of hydrogen-bond donors (Lipinski definition) is 2. The lowest BCUT2D eigenvalue weighted by molar-refractivity contribution is 0.0601. The maximum atomic E-state index is 11.4. The Kier molecular flexibility index (Phi) is 4.82. The molecule has 4 heteroatoms. The van der Waals surface area contributed by atoms with Gasteiger partial charge in [0.2, 0.25) is 0 Å². The Balaban J connectivity index is 2.04. The van der Waals surface area contributed by atoms with E-state index in [4.69, 9.17) is 5.73 Å². The summed E-state index contributed by atoms with van der Waals surface area (Å²) in [7, 11) is 1.35. The number of benzene rings is 2. The molecule has 0 spiro atoms. The number of aryl methyl sites for hydroxylation is 1. The summed E-state index contributed by atoms with van der Waals surface area (Å²) < 4.78 is 4.67. The number of nitrogens with two attached hydrogens (primary N) is 1. The van der Waals surface area contributed by atoms with Crippen molar-refractivity contribution in [2.75, 3.05) is 18.2 Å². The summed E-state index contributed by atoms with van der Waals surface area (Å²) in [5, 5.41) is 3.27. The molecule has 4 nitrogen and oxygen atoms in total. The molecule has 2 rings (SSSR count). The third-order valence-corrected chi connectivity index (χ3v) is 3.39. The van der Waals surface area contributed by atoms with Gasteiger partial charge in [-0.1, -0.05) is 31.2 Å². The number of anilines is 2. The zero-order valence-corrected chi connectivity index (χ0v) is 12.3. The fraction of sp³-hybridized carbons (Fsp3) is 0.235. The smallest absolute Gasteiger partial charge is 0.337 e. The number of carbonyl (C=O) groups is 1. The molecule has 0 unspecified atom stereocenters. The van der Waals surface area contributed by atoms with Gasteiger partial charge in [0, 0.05) is 6.54 Å². The summed E-state index contributed by atoms with van der Waals surface area (Å²) in [4.78, 5) is 11.4. The Labute approximate surface area is 124 Å². The summed E-state index contributed by atoms with van der Waals surface area (Å²) in [5.41, 5.74) is 10.2. The van der Waals surface area contributed by atoms with Crippen molar-refractivity contribution in [1.29, 1.82) is 0 Å². The molecular formula is C17H20N2O2. The summed E-state index contributed by atoms with van der Waals surface area (Å²) in [6.07, 6.45) is 1.04. The van der Waals surface area contributed by atoms with Crippen molar-refractivity contribution in [3.05, 3.63) is 59.2 Å². The van der Waals surface area contributed by atoms with E-state index in [2.05, 4.69) is 41.2 Å². The molecule has 110 valence electrons. The molecule has 2 aromatic carbocycles. The first kappa shape index (κ1) is 14.9. The maximum Gasteiger partial charge on any atom is 0.337 e. The number of nitrogen functional groups attached to an aromatic ring is 1. The molecule has 0 saturated carbocycles. The van der Waals surface area contributed by atoms with Crippen LogP contribution in [0.15, 0.2) is 42.5 Å². The normalized spacial score (nSPS) is 10.2. The molecule has 0 fully saturated rings. The Morgan fingerprint density at radius 2 is 1.81 bits per heavy atom. The predicted octanol–water partition coefficient (Wildman–Crippen LogP) is 3.23. The average molecular weight is 284 g/mol. The Hall–Kier alpha value is -2.49. The minimum Gasteiger partial charge on any atom is -0.465 e. The molecule has 0 heterocycles. The summed E-state index contributed by atoms with van der Waals surface area (Å²) in [5.74, 6) is -0.386. The molecule has 0 bridgehead atoms. The second-order valence-corrected chi connectivity index (χ2v) is 4.82. The molecule has 3 N–H and O–H groups in total. The van der Waals surface area contributed by atoms with E-state index >= 15 is 0 Å². The van der Waals surface area contributed by atoms with Crippen LogP contribution in [0.1, 0.15) is 28.4 Å². The maximum absolute atomic E-state index is 11.4. The summed E-state index contributed by atoms with van der Waals surface area (Å²) in [6.45, 7) is 2.82. The van der Waals surface area contributed by atoms with Gasteiger partial charge in [0.15, 0.2) is 0 Å². The quantitative estimate of drug-likeness (QED) is 0.653. The lowest BCUT2D eigenvalue weighted by Crippen LogP contribution is -2.06. The second kappa shape index (κ2) is 6.79. The molecule has 0 amide bonds. The minimum atomic E-state index is -0.386. The highest BCUT2D eigenvalue weighted by atomic mass is 16.5. The van der Waals surface area contributed by atoms with Gasteiger partial charge in [-0.05, 0) is 35.7 Å². The predicted molar refractivity (Wildman–Crippen MR) is 85.3 cm³/mol. The van der Waals surface area contributed by atoms with Crippen molar-refractivity contribution in [3.63, 3.8) is 0 Å². The fourth-order valence-corrected chi connectivity index (χ4v) is 2.06. The van der Waals surface area contributed by atoms with Crippen LogP contribution in [0.2, 0.25) is 0 Å². The van der Waals surface area contributed by atoms with E-state index in [1.807, 2.05) is 0 Å². The van der Waals surface area contributed by atoms with Crippen LogP contribution in [-0.4, -0.2) is 13.1 Å². The molecule has 0 radical (unpaired) electrons. The minimum absolute atomic E-state index is 0.386. The number of carbonyl (C=O) groups excluding carboxylic acids is 1. The van der Waals surface area contributed by atoms with Gasteiger partial charge in [-0.15, -0.1) is 0 Å². The lowest BCUT2D eigenvalue weighted by Gasteiger charge is -2.11. The molecule has 2 aromatic rings. The van der Waals surface area contributed by atoms with Crippen LogP contribution in [0.5, 0.6) is 0 Å². The van der Waals surface area contributed by atoms with Crippen LogP contribution in [-0.2, 0) is 17.7 Å². The van der Waals surface area contributed by atoms with Crippen LogP contribution in [0.25, 0.3) is 0 Å². The van der Waals surface area contributed by atoms with E-state index in [9.17, 15) is 4.79 Å². The number of nitrogens with one attached hydrogen (secondary N) is 1. The van der Waals surface area contributed by atoms with Crippen molar-refractivity contribution in [2.45, 2.75) is 19.9 Å². The molecular weight excluding hydrogens is 264 g/mol. The van der Waals surface area contributed by atoms with E-state index in [1.54, 1.807) is 18.2 Å². The lowest BCUT2D eigenvalue weighted by atomic mass is 10.1. The van der Waals surface area contributed by atoms with E-state index < -0.39 is 0 Å². The molecule has 0 aromatic heterocycles. The van der Waals surface area contributed by atoms with E-state index in [0.717, 1.165) is 12.1 Å². The molecule has 0 aliphatic heterocycles. The number of rotatable bonds is 5. The Bertz CT molecular complexity index is 621. The van der Waals surface area contributed by atoms with Gasteiger partial charge in [0.1, 0.15) is 0 Å². The van der Waals surface area contributed by atoms with Gasteiger partial charge in [-0.25, -0.2) is 4.79 Å². The number of hydrogen-bond acceptors (Lipinski definition) is 4. The summed E-state index contributed by atoms with van der Waals surface area (Å²) >= 11 is 0. The Morgan fingerprint density at radius 1 is 1.14 bits per heavy atom. The van der Waals surface area contributed by atoms with E-state index in [-0.39, 0.29) is 5.97 Å². The first-order valence-corrected chi connectivity index (χ1v) is 6.93. The highest BCUT2D eigenvalue weighted by Crippen LogP contribution is 2.21. The summed E-state index contributed by atoms with van der Waals surface area (Å²) in [6, 6.07) is 13.6. The largest absolute Gasteiger partial charge is 0.465 e. The first-order chi connectivity index (χ1) is 10.1. The van der Waals surface area contributed by atoms with Gasteiger partial charge in [0.05, 0.1) is 24.0 Å². The zero-order valence-electron chi connectivity index (χ0n) is 12.3. The number of methoxy groups -OCH3 is 1. The number of esters is 1. The Morgan fingerprint density at radius 3 is 2.38 bits per heavy atom. The second-order valence-electron chi connectivity index (χ2n) is 4.82. The van der Waals surface area contributed by atoms with Gasteiger partial charge < -0.3 is 15.8 Å². The van der Waals surface area contributed by atoms with Crippen molar-refractivity contribution in [1.82, 2.24) is 0 Å². The fourth-order valence-electron chi connectivity index (χ4n) is 2.06. The van der Waals surface area contributed by atoms with Crippen LogP contribution in [0.4, 0.5) is 11.4 Å². The van der Waals surface area contributed by atoms with Crippen LogP contribution in [0.3, 0.4) is 0 Å². The molecule has 0 aliphatic carbocycles. The van der Waals surface area contributed by atoms with Gasteiger partial charge in [-0.2, -0.15) is 0 Å². The highest BCUT2D eigenvalue weighted by Gasteiger charge is 2.07. The van der Waals surface area contributed by atoms with Crippen molar-refractivity contribution < 1.29 is 9.53 Å². The van der Waals surface area contributed by atoms with Gasteiger partial charge in [-0.3, -0.25) is 0 Å². The first-order valence-electron chi connectivity index (χ1n) is 6.93. The average Bonchev–Trinajstić information content (AvgIpc) is 2.53. The molecule has 0 aliphatic rings. The monoisotopic (exact) mass is 284 g/mol. The van der Waals surface area contributed by atoms with Gasteiger partial charge in [0.25, 0.3) is 0 Å². The van der Waals surface area contributed by atoms with Crippen LogP contribution >= 0.6 is 0 Å². The van der Waals surface area contributed by atoms with E-state index in [1.165, 1.54) is 18.2 Å². The molecule has 0 saturated heterocycles.